The van der Waals surface area contributed by atoms with Crippen molar-refractivity contribution in [2.75, 3.05) is 33.5 Å². The van der Waals surface area contributed by atoms with Crippen LogP contribution in [0.3, 0.4) is 0 Å². The number of carbonyl (C=O) groups is 1. The zero-order valence-corrected chi connectivity index (χ0v) is 11.2. The largest absolute Gasteiger partial charge is 0.493 e. The van der Waals surface area contributed by atoms with E-state index in [1.165, 1.54) is 18.2 Å². The van der Waals surface area contributed by atoms with E-state index in [9.17, 15) is 14.9 Å². The van der Waals surface area contributed by atoms with Gasteiger partial charge in [-0.2, -0.15) is 0 Å². The fourth-order valence-electron chi connectivity index (χ4n) is 1.46. The smallest absolute Gasteiger partial charge is 0.270 e. The van der Waals surface area contributed by atoms with Gasteiger partial charge < -0.3 is 14.2 Å². The van der Waals surface area contributed by atoms with Crippen molar-refractivity contribution in [2.45, 2.75) is 6.42 Å². The third-order valence-electron chi connectivity index (χ3n) is 2.45. The molecule has 0 heterocycles. The molecule has 0 aliphatic rings. The van der Waals surface area contributed by atoms with Crippen LogP contribution in [0, 0.1) is 10.1 Å². The monoisotopic (exact) mass is 283 g/mol. The summed E-state index contributed by atoms with van der Waals surface area (Å²) in [6.45, 7) is 1.95. The molecule has 0 fully saturated rings. The van der Waals surface area contributed by atoms with Gasteiger partial charge in [0.15, 0.2) is 6.29 Å². The van der Waals surface area contributed by atoms with Gasteiger partial charge in [-0.15, -0.1) is 0 Å². The Morgan fingerprint density at radius 2 is 2.05 bits per heavy atom. The highest BCUT2D eigenvalue weighted by atomic mass is 16.6. The summed E-state index contributed by atoms with van der Waals surface area (Å²) < 4.78 is 15.5. The summed E-state index contributed by atoms with van der Waals surface area (Å²) in [5.41, 5.74) is 0.0295. The second-order valence-electron chi connectivity index (χ2n) is 3.90. The molecule has 1 aromatic carbocycles. The number of ether oxygens (including phenoxy) is 3. The molecule has 7 nitrogen and oxygen atoms in total. The Bertz CT molecular complexity index is 448. The highest BCUT2D eigenvalue weighted by molar-refractivity contribution is 5.80. The first kappa shape index (κ1) is 16.1. The number of aldehydes is 1. The molecule has 0 atom stereocenters. The summed E-state index contributed by atoms with van der Waals surface area (Å²) in [6.07, 6.45) is 1.19. The van der Waals surface area contributed by atoms with Crippen LogP contribution < -0.4 is 4.74 Å². The van der Waals surface area contributed by atoms with Crippen molar-refractivity contribution >= 4 is 12.0 Å². The van der Waals surface area contributed by atoms with Gasteiger partial charge in [0, 0.05) is 32.3 Å². The third kappa shape index (κ3) is 5.33. The summed E-state index contributed by atoms with van der Waals surface area (Å²) in [5, 5.41) is 10.6. The summed E-state index contributed by atoms with van der Waals surface area (Å²) in [6, 6.07) is 3.92. The number of nitro benzene ring substituents is 1. The molecule has 1 aromatic rings. The first-order valence-electron chi connectivity index (χ1n) is 6.12. The van der Waals surface area contributed by atoms with Crippen LogP contribution in [0.2, 0.25) is 0 Å². The Balaban J connectivity index is 2.40. The standard InChI is InChI=1S/C13H17NO6/c1-18-7-8-19-5-2-6-20-13-4-3-12(14(16)17)9-11(13)10-15/h3-4,9-10H,2,5-8H2,1H3. The van der Waals surface area contributed by atoms with Gasteiger partial charge in [0.25, 0.3) is 5.69 Å². The molecule has 0 saturated carbocycles. The van der Waals surface area contributed by atoms with E-state index in [1.54, 1.807) is 7.11 Å². The molecule has 0 radical (unpaired) electrons. The average Bonchev–Trinajstić information content (AvgIpc) is 2.46. The molecule has 0 aliphatic heterocycles. The maximum absolute atomic E-state index is 10.9. The van der Waals surface area contributed by atoms with Gasteiger partial charge >= 0.3 is 0 Å². The Morgan fingerprint density at radius 3 is 2.70 bits per heavy atom. The van der Waals surface area contributed by atoms with Gasteiger partial charge in [-0.05, 0) is 6.07 Å². The van der Waals surface area contributed by atoms with E-state index in [1.807, 2.05) is 0 Å². The van der Waals surface area contributed by atoms with Crippen LogP contribution in [0.5, 0.6) is 5.75 Å². The van der Waals surface area contributed by atoms with Crippen molar-refractivity contribution in [1.82, 2.24) is 0 Å². The number of nitrogens with zero attached hydrogens (tertiary/aromatic N) is 1. The Morgan fingerprint density at radius 1 is 1.25 bits per heavy atom. The van der Waals surface area contributed by atoms with Crippen LogP contribution in [-0.4, -0.2) is 44.7 Å². The van der Waals surface area contributed by atoms with Crippen LogP contribution in [0.15, 0.2) is 18.2 Å². The Kier molecular flexibility index (Phi) is 7.23. The molecule has 0 amide bonds. The van der Waals surface area contributed by atoms with Gasteiger partial charge in [0.05, 0.1) is 30.3 Å². The molecule has 0 saturated heterocycles. The van der Waals surface area contributed by atoms with E-state index in [2.05, 4.69) is 0 Å². The molecule has 0 spiro atoms. The minimum Gasteiger partial charge on any atom is -0.493 e. The van der Waals surface area contributed by atoms with Crippen molar-refractivity contribution in [3.63, 3.8) is 0 Å². The summed E-state index contributed by atoms with van der Waals surface area (Å²) >= 11 is 0. The number of hydrogen-bond acceptors (Lipinski definition) is 6. The summed E-state index contributed by atoms with van der Waals surface area (Å²) in [7, 11) is 1.60. The molecular weight excluding hydrogens is 266 g/mol. The van der Waals surface area contributed by atoms with Crippen molar-refractivity contribution in [1.29, 1.82) is 0 Å². The minimum absolute atomic E-state index is 0.137. The van der Waals surface area contributed by atoms with Gasteiger partial charge in [0.1, 0.15) is 5.75 Å². The number of hydrogen-bond donors (Lipinski definition) is 0. The predicted octanol–water partition coefficient (Wildman–Crippen LogP) is 1.84. The van der Waals surface area contributed by atoms with E-state index in [-0.39, 0.29) is 11.3 Å². The van der Waals surface area contributed by atoms with Crippen LogP contribution in [0.25, 0.3) is 0 Å². The molecule has 0 N–H and O–H groups in total. The SMILES string of the molecule is COCCOCCCOc1ccc([N+](=O)[O-])cc1C=O. The summed E-state index contributed by atoms with van der Waals surface area (Å²) in [5.74, 6) is 0.336. The fraction of sp³-hybridized carbons (Fsp3) is 0.462. The minimum atomic E-state index is -0.555. The van der Waals surface area contributed by atoms with E-state index in [4.69, 9.17) is 14.2 Å². The van der Waals surface area contributed by atoms with E-state index in [0.29, 0.717) is 44.9 Å². The molecule has 110 valence electrons. The van der Waals surface area contributed by atoms with Gasteiger partial charge in [-0.25, -0.2) is 0 Å². The Labute approximate surface area is 116 Å². The lowest BCUT2D eigenvalue weighted by atomic mass is 10.2. The van der Waals surface area contributed by atoms with Gasteiger partial charge in [-0.3, -0.25) is 14.9 Å². The van der Waals surface area contributed by atoms with Crippen molar-refractivity contribution < 1.29 is 23.9 Å². The number of rotatable bonds is 10. The molecule has 1 rings (SSSR count). The average molecular weight is 283 g/mol. The van der Waals surface area contributed by atoms with Crippen LogP contribution >= 0.6 is 0 Å². The molecule has 0 aliphatic carbocycles. The zero-order valence-electron chi connectivity index (χ0n) is 11.2. The van der Waals surface area contributed by atoms with Crippen molar-refractivity contribution in [3.05, 3.63) is 33.9 Å². The van der Waals surface area contributed by atoms with Crippen LogP contribution in [-0.2, 0) is 9.47 Å². The number of benzene rings is 1. The Hall–Kier alpha value is -1.99. The predicted molar refractivity (Wildman–Crippen MR) is 71.3 cm³/mol. The first-order valence-corrected chi connectivity index (χ1v) is 6.12. The number of non-ortho nitro benzene ring substituents is 1. The molecule has 0 bridgehead atoms. The zero-order chi connectivity index (χ0) is 14.8. The van der Waals surface area contributed by atoms with Crippen LogP contribution in [0.4, 0.5) is 5.69 Å². The molecule has 7 heteroatoms. The third-order valence-corrected chi connectivity index (χ3v) is 2.45. The van der Waals surface area contributed by atoms with Crippen LogP contribution in [0.1, 0.15) is 16.8 Å². The highest BCUT2D eigenvalue weighted by Crippen LogP contribution is 2.22. The van der Waals surface area contributed by atoms with E-state index in [0.717, 1.165) is 0 Å². The maximum atomic E-state index is 10.9. The van der Waals surface area contributed by atoms with Crippen molar-refractivity contribution in [2.24, 2.45) is 0 Å². The quantitative estimate of drug-likeness (QED) is 0.282. The fourth-order valence-corrected chi connectivity index (χ4v) is 1.46. The lowest BCUT2D eigenvalue weighted by Gasteiger charge is -2.08. The number of carbonyl (C=O) groups excluding carboxylic acids is 1. The highest BCUT2D eigenvalue weighted by Gasteiger charge is 2.11. The molecule has 0 aromatic heterocycles. The summed E-state index contributed by atoms with van der Waals surface area (Å²) in [4.78, 5) is 20.9. The van der Waals surface area contributed by atoms with Gasteiger partial charge in [0.2, 0.25) is 0 Å². The normalized spacial score (nSPS) is 10.2. The van der Waals surface area contributed by atoms with Crippen molar-refractivity contribution in [3.8, 4) is 5.75 Å². The molecule has 20 heavy (non-hydrogen) atoms. The van der Waals surface area contributed by atoms with Gasteiger partial charge in [-0.1, -0.05) is 0 Å². The number of methoxy groups -OCH3 is 1. The molecular formula is C13H17NO6. The molecule has 0 unspecified atom stereocenters. The topological polar surface area (TPSA) is 87.9 Å². The first-order chi connectivity index (χ1) is 9.69. The number of nitro groups is 1. The lowest BCUT2D eigenvalue weighted by molar-refractivity contribution is -0.384. The second kappa shape index (κ2) is 9.00. The lowest BCUT2D eigenvalue weighted by Crippen LogP contribution is -2.07. The van der Waals surface area contributed by atoms with E-state index >= 15 is 0 Å². The second-order valence-corrected chi connectivity index (χ2v) is 3.90. The maximum Gasteiger partial charge on any atom is 0.270 e. The van der Waals surface area contributed by atoms with E-state index < -0.39 is 4.92 Å².